The van der Waals surface area contributed by atoms with Gasteiger partial charge in [-0.15, -0.1) is 5.10 Å². The Labute approximate surface area is 85.3 Å². The van der Waals surface area contributed by atoms with Gasteiger partial charge in [0.1, 0.15) is 11.4 Å². The molecule has 2 rings (SSSR count). The normalized spacial score (nSPS) is 10.1. The molecule has 0 spiro atoms. The fraction of sp³-hybridized carbons (Fsp3) is 0.125. The summed E-state index contributed by atoms with van der Waals surface area (Å²) >= 11 is 5.84. The van der Waals surface area contributed by atoms with Crippen LogP contribution in [0.2, 0.25) is 5.02 Å². The van der Waals surface area contributed by atoms with Crippen molar-refractivity contribution < 1.29 is 4.74 Å². The molecule has 1 aromatic heterocycles. The molecule has 5 nitrogen and oxygen atoms in total. The molecule has 1 radical (unpaired) electrons. The topological polar surface area (TPSA) is 52.8 Å². The van der Waals surface area contributed by atoms with Crippen LogP contribution in [-0.2, 0) is 0 Å². The largest absolute Gasteiger partial charge is 0.494 e. The van der Waals surface area contributed by atoms with E-state index in [-0.39, 0.29) is 0 Å². The lowest BCUT2D eigenvalue weighted by molar-refractivity contribution is 0.411. The van der Waals surface area contributed by atoms with Crippen molar-refractivity contribution in [3.8, 4) is 11.4 Å². The average Bonchev–Trinajstić information content (AvgIpc) is 2.70. The second kappa shape index (κ2) is 3.63. The summed E-state index contributed by atoms with van der Waals surface area (Å²) in [5.41, 5.74) is 0.657. The van der Waals surface area contributed by atoms with E-state index in [1.54, 1.807) is 25.3 Å². The standard InChI is InChI=1S/C8H6ClN4O/c1-14-8-3-2-6(9)4-7(8)13-5-10-11-12-13/h2-4H,1H3. The molecular formula is C8H6ClN4O. The number of ether oxygens (including phenoxy) is 1. The van der Waals surface area contributed by atoms with Gasteiger partial charge in [0.15, 0.2) is 0 Å². The third-order valence-corrected chi connectivity index (χ3v) is 1.92. The molecule has 0 atom stereocenters. The first-order valence-corrected chi connectivity index (χ1v) is 4.19. The first-order chi connectivity index (χ1) is 6.81. The molecule has 0 amide bonds. The molecule has 0 fully saturated rings. The highest BCUT2D eigenvalue weighted by Crippen LogP contribution is 2.24. The zero-order valence-corrected chi connectivity index (χ0v) is 8.06. The Bertz CT molecular complexity index is 429. The molecule has 71 valence electrons. The lowest BCUT2D eigenvalue weighted by atomic mass is 10.3. The van der Waals surface area contributed by atoms with Crippen molar-refractivity contribution in [2.45, 2.75) is 0 Å². The van der Waals surface area contributed by atoms with Gasteiger partial charge >= 0.3 is 0 Å². The summed E-state index contributed by atoms with van der Waals surface area (Å²) in [4.78, 5) is 0. The molecule has 0 saturated heterocycles. The maximum Gasteiger partial charge on any atom is 0.226 e. The van der Waals surface area contributed by atoms with E-state index in [2.05, 4.69) is 21.9 Å². The van der Waals surface area contributed by atoms with E-state index < -0.39 is 0 Å². The lowest BCUT2D eigenvalue weighted by Gasteiger charge is -2.06. The Kier molecular flexibility index (Phi) is 2.32. The summed E-state index contributed by atoms with van der Waals surface area (Å²) in [5, 5.41) is 11.2. The summed E-state index contributed by atoms with van der Waals surface area (Å²) in [6.07, 6.45) is 2.56. The smallest absolute Gasteiger partial charge is 0.226 e. The number of aromatic nitrogens is 4. The van der Waals surface area contributed by atoms with Crippen LogP contribution in [0.25, 0.3) is 5.69 Å². The van der Waals surface area contributed by atoms with Crippen molar-refractivity contribution in [3.63, 3.8) is 0 Å². The molecule has 0 aliphatic carbocycles. The molecule has 0 unspecified atom stereocenters. The molecule has 1 aromatic carbocycles. The Balaban J connectivity index is 2.55. The minimum absolute atomic E-state index is 0.588. The van der Waals surface area contributed by atoms with Gasteiger partial charge < -0.3 is 4.74 Å². The van der Waals surface area contributed by atoms with Crippen LogP contribution in [0.3, 0.4) is 0 Å². The van der Waals surface area contributed by atoms with Crippen molar-refractivity contribution in [2.75, 3.05) is 7.11 Å². The number of rotatable bonds is 2. The second-order valence-corrected chi connectivity index (χ2v) is 2.94. The van der Waals surface area contributed by atoms with Crippen LogP contribution in [0.1, 0.15) is 0 Å². The molecule has 0 aliphatic rings. The first kappa shape index (κ1) is 8.96. The Hall–Kier alpha value is -1.62. The number of tetrazole rings is 1. The molecule has 0 aliphatic heterocycles. The zero-order chi connectivity index (χ0) is 9.97. The summed E-state index contributed by atoms with van der Waals surface area (Å²) < 4.78 is 6.49. The zero-order valence-electron chi connectivity index (χ0n) is 7.31. The van der Waals surface area contributed by atoms with Crippen LogP contribution >= 0.6 is 11.6 Å². The molecule has 0 N–H and O–H groups in total. The second-order valence-electron chi connectivity index (χ2n) is 2.51. The SMILES string of the molecule is COc1ccc(Cl)cc1-n1[c]nnn1. The van der Waals surface area contributed by atoms with Crippen molar-refractivity contribution in [2.24, 2.45) is 0 Å². The summed E-state index contributed by atoms with van der Waals surface area (Å²) in [5.74, 6) is 0.637. The summed E-state index contributed by atoms with van der Waals surface area (Å²) in [6.45, 7) is 0. The van der Waals surface area contributed by atoms with Crippen LogP contribution < -0.4 is 4.74 Å². The van der Waals surface area contributed by atoms with E-state index in [1.807, 2.05) is 0 Å². The fourth-order valence-corrected chi connectivity index (χ4v) is 1.24. The van der Waals surface area contributed by atoms with Crippen LogP contribution in [0.15, 0.2) is 18.2 Å². The molecule has 14 heavy (non-hydrogen) atoms. The number of halogens is 1. The Morgan fingerprint density at radius 2 is 2.36 bits per heavy atom. The lowest BCUT2D eigenvalue weighted by Crippen LogP contribution is -1.99. The van der Waals surface area contributed by atoms with Crippen LogP contribution in [0.4, 0.5) is 0 Å². The van der Waals surface area contributed by atoms with Crippen LogP contribution in [0, 0.1) is 6.33 Å². The van der Waals surface area contributed by atoms with Gasteiger partial charge in [-0.1, -0.05) is 11.6 Å². The van der Waals surface area contributed by atoms with E-state index >= 15 is 0 Å². The molecule has 0 saturated carbocycles. The number of nitrogens with zero attached hydrogens (tertiary/aromatic N) is 4. The summed E-state index contributed by atoms with van der Waals surface area (Å²) in [6, 6.07) is 5.18. The number of hydrogen-bond acceptors (Lipinski definition) is 4. The van der Waals surface area contributed by atoms with Crippen LogP contribution in [0.5, 0.6) is 5.75 Å². The predicted octanol–water partition coefficient (Wildman–Crippen LogP) is 1.12. The minimum Gasteiger partial charge on any atom is -0.494 e. The third-order valence-electron chi connectivity index (χ3n) is 1.68. The van der Waals surface area contributed by atoms with Gasteiger partial charge in [-0.05, 0) is 28.6 Å². The third kappa shape index (κ3) is 1.54. The molecule has 1 heterocycles. The predicted molar refractivity (Wildman–Crippen MR) is 49.6 cm³/mol. The summed E-state index contributed by atoms with van der Waals surface area (Å²) in [7, 11) is 1.57. The maximum absolute atomic E-state index is 5.84. The van der Waals surface area contributed by atoms with Gasteiger partial charge in [0, 0.05) is 5.02 Å². The number of hydrogen-bond donors (Lipinski definition) is 0. The van der Waals surface area contributed by atoms with Gasteiger partial charge in [-0.2, -0.15) is 4.68 Å². The number of methoxy groups -OCH3 is 1. The van der Waals surface area contributed by atoms with Crippen molar-refractivity contribution in [3.05, 3.63) is 29.5 Å². The van der Waals surface area contributed by atoms with Gasteiger partial charge in [0.25, 0.3) is 0 Å². The van der Waals surface area contributed by atoms with E-state index in [1.165, 1.54) is 4.68 Å². The highest BCUT2D eigenvalue weighted by Gasteiger charge is 2.07. The number of benzene rings is 1. The van der Waals surface area contributed by atoms with E-state index in [9.17, 15) is 0 Å². The van der Waals surface area contributed by atoms with Gasteiger partial charge in [-0.25, -0.2) is 0 Å². The maximum atomic E-state index is 5.84. The van der Waals surface area contributed by atoms with Gasteiger partial charge in [-0.3, -0.25) is 0 Å². The Morgan fingerprint density at radius 3 is 3.00 bits per heavy atom. The van der Waals surface area contributed by atoms with Crippen molar-refractivity contribution in [1.82, 2.24) is 20.2 Å². The Morgan fingerprint density at radius 1 is 1.50 bits per heavy atom. The quantitative estimate of drug-likeness (QED) is 0.744. The molecule has 2 aromatic rings. The minimum atomic E-state index is 0.588. The van der Waals surface area contributed by atoms with Crippen molar-refractivity contribution in [1.29, 1.82) is 0 Å². The average molecular weight is 210 g/mol. The van der Waals surface area contributed by atoms with Crippen LogP contribution in [-0.4, -0.2) is 27.3 Å². The van der Waals surface area contributed by atoms with Gasteiger partial charge in [0.2, 0.25) is 6.33 Å². The first-order valence-electron chi connectivity index (χ1n) is 3.81. The highest BCUT2D eigenvalue weighted by atomic mass is 35.5. The van der Waals surface area contributed by atoms with Crippen molar-refractivity contribution >= 4 is 11.6 Å². The monoisotopic (exact) mass is 209 g/mol. The highest BCUT2D eigenvalue weighted by molar-refractivity contribution is 6.30. The molecular weight excluding hydrogens is 204 g/mol. The van der Waals surface area contributed by atoms with Gasteiger partial charge in [0.05, 0.1) is 7.11 Å². The fourth-order valence-electron chi connectivity index (χ4n) is 1.07. The van der Waals surface area contributed by atoms with E-state index in [0.29, 0.717) is 16.5 Å². The molecule has 6 heteroatoms. The van der Waals surface area contributed by atoms with E-state index in [0.717, 1.165) is 0 Å². The van der Waals surface area contributed by atoms with E-state index in [4.69, 9.17) is 16.3 Å². The molecule has 0 bridgehead atoms.